The van der Waals surface area contributed by atoms with Crippen molar-refractivity contribution in [3.05, 3.63) is 12.2 Å². The molecule has 0 aromatic carbocycles. The SMILES string of the molecule is C=C(C)C(=O)C1CCCN1C1CCNCC1. The van der Waals surface area contributed by atoms with E-state index >= 15 is 0 Å². The maximum atomic E-state index is 12.0. The third kappa shape index (κ3) is 2.36. The molecule has 0 aromatic heterocycles. The Bertz CT molecular complexity index is 282. The van der Waals surface area contributed by atoms with Crippen LogP contribution in [0.1, 0.15) is 32.6 Å². The summed E-state index contributed by atoms with van der Waals surface area (Å²) in [7, 11) is 0. The monoisotopic (exact) mass is 222 g/mol. The van der Waals surface area contributed by atoms with Gasteiger partial charge in [0, 0.05) is 6.04 Å². The molecule has 1 unspecified atom stereocenters. The Hall–Kier alpha value is -0.670. The second kappa shape index (κ2) is 5.11. The first-order valence-corrected chi connectivity index (χ1v) is 6.36. The van der Waals surface area contributed by atoms with Crippen LogP contribution in [0.2, 0.25) is 0 Å². The van der Waals surface area contributed by atoms with E-state index in [1.807, 2.05) is 6.92 Å². The van der Waals surface area contributed by atoms with Gasteiger partial charge in [-0.25, -0.2) is 0 Å². The number of rotatable bonds is 3. The van der Waals surface area contributed by atoms with Gasteiger partial charge in [0.05, 0.1) is 6.04 Å². The zero-order valence-corrected chi connectivity index (χ0v) is 10.2. The molecule has 2 aliphatic rings. The highest BCUT2D eigenvalue weighted by Crippen LogP contribution is 2.26. The molecule has 16 heavy (non-hydrogen) atoms. The number of piperidine rings is 1. The Morgan fingerprint density at radius 2 is 2.00 bits per heavy atom. The summed E-state index contributed by atoms with van der Waals surface area (Å²) in [4.78, 5) is 14.5. The minimum absolute atomic E-state index is 0.126. The van der Waals surface area contributed by atoms with Gasteiger partial charge >= 0.3 is 0 Å². The quantitative estimate of drug-likeness (QED) is 0.732. The van der Waals surface area contributed by atoms with E-state index in [0.29, 0.717) is 11.6 Å². The fourth-order valence-corrected chi connectivity index (χ4v) is 2.93. The molecule has 0 aliphatic carbocycles. The lowest BCUT2D eigenvalue weighted by Crippen LogP contribution is -2.48. The first-order chi connectivity index (χ1) is 7.70. The van der Waals surface area contributed by atoms with Crippen LogP contribution in [0.3, 0.4) is 0 Å². The van der Waals surface area contributed by atoms with Gasteiger partial charge in [-0.2, -0.15) is 0 Å². The van der Waals surface area contributed by atoms with E-state index in [-0.39, 0.29) is 11.8 Å². The number of carbonyl (C=O) groups excluding carboxylic acids is 1. The van der Waals surface area contributed by atoms with Crippen molar-refractivity contribution in [1.29, 1.82) is 0 Å². The molecule has 3 nitrogen and oxygen atoms in total. The molecule has 0 radical (unpaired) electrons. The van der Waals surface area contributed by atoms with Crippen molar-refractivity contribution >= 4 is 5.78 Å². The van der Waals surface area contributed by atoms with Crippen LogP contribution in [0.4, 0.5) is 0 Å². The smallest absolute Gasteiger partial charge is 0.175 e. The summed E-state index contributed by atoms with van der Waals surface area (Å²) in [6.45, 7) is 8.90. The molecule has 90 valence electrons. The first-order valence-electron chi connectivity index (χ1n) is 6.36. The second-order valence-electron chi connectivity index (χ2n) is 5.02. The molecule has 2 aliphatic heterocycles. The van der Waals surface area contributed by atoms with Crippen LogP contribution in [0.15, 0.2) is 12.2 Å². The average Bonchev–Trinajstić information content (AvgIpc) is 2.77. The fourth-order valence-electron chi connectivity index (χ4n) is 2.93. The summed E-state index contributed by atoms with van der Waals surface area (Å²) < 4.78 is 0. The van der Waals surface area contributed by atoms with Crippen molar-refractivity contribution in [3.8, 4) is 0 Å². The lowest BCUT2D eigenvalue weighted by molar-refractivity contribution is -0.120. The van der Waals surface area contributed by atoms with Crippen LogP contribution in [-0.4, -0.2) is 42.4 Å². The number of hydrogen-bond donors (Lipinski definition) is 1. The third-order valence-electron chi connectivity index (χ3n) is 3.80. The highest BCUT2D eigenvalue weighted by atomic mass is 16.1. The van der Waals surface area contributed by atoms with E-state index in [0.717, 1.165) is 32.5 Å². The number of likely N-dealkylation sites (tertiary alicyclic amines) is 1. The number of nitrogens with zero attached hydrogens (tertiary/aromatic N) is 1. The van der Waals surface area contributed by atoms with Gasteiger partial charge < -0.3 is 5.32 Å². The van der Waals surface area contributed by atoms with Crippen molar-refractivity contribution in [2.75, 3.05) is 19.6 Å². The largest absolute Gasteiger partial charge is 0.317 e. The summed E-state index contributed by atoms with van der Waals surface area (Å²) in [5, 5.41) is 3.38. The Morgan fingerprint density at radius 3 is 2.62 bits per heavy atom. The molecule has 2 heterocycles. The zero-order valence-electron chi connectivity index (χ0n) is 10.2. The number of ketones is 1. The molecule has 1 atom stereocenters. The lowest BCUT2D eigenvalue weighted by Gasteiger charge is -2.35. The highest BCUT2D eigenvalue weighted by molar-refractivity contribution is 5.98. The number of carbonyl (C=O) groups is 1. The van der Waals surface area contributed by atoms with Crippen molar-refractivity contribution < 1.29 is 4.79 Å². The van der Waals surface area contributed by atoms with E-state index in [9.17, 15) is 4.79 Å². The Morgan fingerprint density at radius 1 is 1.31 bits per heavy atom. The molecule has 0 amide bonds. The molecule has 2 rings (SSSR count). The van der Waals surface area contributed by atoms with Crippen molar-refractivity contribution in [2.24, 2.45) is 0 Å². The summed E-state index contributed by atoms with van der Waals surface area (Å²) in [6, 6.07) is 0.734. The summed E-state index contributed by atoms with van der Waals surface area (Å²) in [5.74, 6) is 0.260. The average molecular weight is 222 g/mol. The van der Waals surface area contributed by atoms with Gasteiger partial charge in [0.15, 0.2) is 5.78 Å². The van der Waals surface area contributed by atoms with E-state index in [4.69, 9.17) is 0 Å². The van der Waals surface area contributed by atoms with Gasteiger partial charge in [-0.15, -0.1) is 0 Å². The van der Waals surface area contributed by atoms with Crippen LogP contribution in [0.25, 0.3) is 0 Å². The Kier molecular flexibility index (Phi) is 3.77. The van der Waals surface area contributed by atoms with Gasteiger partial charge in [-0.05, 0) is 57.8 Å². The predicted molar refractivity (Wildman–Crippen MR) is 65.4 cm³/mol. The molecule has 0 aromatic rings. The molecule has 2 saturated heterocycles. The van der Waals surface area contributed by atoms with Crippen molar-refractivity contribution in [1.82, 2.24) is 10.2 Å². The third-order valence-corrected chi connectivity index (χ3v) is 3.80. The second-order valence-corrected chi connectivity index (χ2v) is 5.02. The summed E-state index contributed by atoms with van der Waals surface area (Å²) in [6.07, 6.45) is 4.54. The maximum absolute atomic E-state index is 12.0. The first kappa shape index (κ1) is 11.8. The predicted octanol–water partition coefficient (Wildman–Crippen LogP) is 1.35. The Balaban J connectivity index is 2.02. The normalized spacial score (nSPS) is 28.2. The van der Waals surface area contributed by atoms with Gasteiger partial charge in [-0.3, -0.25) is 9.69 Å². The molecular formula is C13H22N2O. The van der Waals surface area contributed by atoms with Crippen LogP contribution < -0.4 is 5.32 Å². The standard InChI is InChI=1S/C13H22N2O/c1-10(2)13(16)12-4-3-9-15(12)11-5-7-14-8-6-11/h11-12,14H,1,3-9H2,2H3. The van der Waals surface area contributed by atoms with Gasteiger partial charge in [0.25, 0.3) is 0 Å². The van der Waals surface area contributed by atoms with Gasteiger partial charge in [0.2, 0.25) is 0 Å². The molecule has 0 saturated carbocycles. The van der Waals surface area contributed by atoms with Crippen LogP contribution in [-0.2, 0) is 4.79 Å². The van der Waals surface area contributed by atoms with Gasteiger partial charge in [-0.1, -0.05) is 6.58 Å². The number of hydrogen-bond acceptors (Lipinski definition) is 3. The van der Waals surface area contributed by atoms with E-state index in [1.165, 1.54) is 12.8 Å². The molecule has 3 heteroatoms. The minimum Gasteiger partial charge on any atom is -0.317 e. The highest BCUT2D eigenvalue weighted by Gasteiger charge is 2.35. The van der Waals surface area contributed by atoms with Crippen LogP contribution >= 0.6 is 0 Å². The minimum atomic E-state index is 0.126. The zero-order chi connectivity index (χ0) is 11.5. The van der Waals surface area contributed by atoms with E-state index in [2.05, 4.69) is 16.8 Å². The molecule has 1 N–H and O–H groups in total. The molecule has 0 spiro atoms. The van der Waals surface area contributed by atoms with Crippen LogP contribution in [0, 0.1) is 0 Å². The molecular weight excluding hydrogens is 200 g/mol. The fraction of sp³-hybridized carbons (Fsp3) is 0.769. The Labute approximate surface area is 97.9 Å². The lowest BCUT2D eigenvalue weighted by atomic mass is 10.00. The molecule has 0 bridgehead atoms. The maximum Gasteiger partial charge on any atom is 0.175 e. The van der Waals surface area contributed by atoms with Crippen LogP contribution in [0.5, 0.6) is 0 Å². The number of Topliss-reactive ketones (excluding diaryl/α,β-unsaturated/α-hetero) is 1. The van der Waals surface area contributed by atoms with Crippen molar-refractivity contribution in [3.63, 3.8) is 0 Å². The molecule has 2 fully saturated rings. The number of nitrogens with one attached hydrogen (secondary N) is 1. The summed E-state index contributed by atoms with van der Waals surface area (Å²) >= 11 is 0. The van der Waals surface area contributed by atoms with E-state index < -0.39 is 0 Å². The van der Waals surface area contributed by atoms with Crippen molar-refractivity contribution in [2.45, 2.75) is 44.7 Å². The van der Waals surface area contributed by atoms with Gasteiger partial charge in [0.1, 0.15) is 0 Å². The summed E-state index contributed by atoms with van der Waals surface area (Å²) in [5.41, 5.74) is 0.714. The van der Waals surface area contributed by atoms with E-state index in [1.54, 1.807) is 0 Å². The topological polar surface area (TPSA) is 32.3 Å².